The number of benzene rings is 2. The lowest BCUT2D eigenvalue weighted by Crippen LogP contribution is -2.15. The fourth-order valence-corrected chi connectivity index (χ4v) is 2.54. The molecule has 0 spiro atoms. The van der Waals surface area contributed by atoms with Crippen molar-refractivity contribution in [3.05, 3.63) is 52.5 Å². The van der Waals surface area contributed by atoms with Crippen LogP contribution in [0.4, 0.5) is 0 Å². The molecule has 1 aliphatic rings. The van der Waals surface area contributed by atoms with Crippen LogP contribution >= 0.6 is 15.9 Å². The fraction of sp³-hybridized carbons (Fsp3) is 0.294. The SMILES string of the molecule is COc1ccc(Oc2ccccc2CNC2CC2)c(Br)c1. The molecule has 3 rings (SSSR count). The van der Waals surface area contributed by atoms with E-state index in [0.29, 0.717) is 6.04 Å². The zero-order chi connectivity index (χ0) is 14.7. The second-order valence-corrected chi connectivity index (χ2v) is 6.02. The number of hydrogen-bond donors (Lipinski definition) is 1. The molecule has 0 heterocycles. The van der Waals surface area contributed by atoms with Crippen molar-refractivity contribution in [2.45, 2.75) is 25.4 Å². The Morgan fingerprint density at radius 3 is 2.67 bits per heavy atom. The Hall–Kier alpha value is -1.52. The Labute approximate surface area is 133 Å². The summed E-state index contributed by atoms with van der Waals surface area (Å²) in [4.78, 5) is 0. The first-order valence-electron chi connectivity index (χ1n) is 7.09. The van der Waals surface area contributed by atoms with Crippen molar-refractivity contribution in [3.63, 3.8) is 0 Å². The largest absolute Gasteiger partial charge is 0.497 e. The van der Waals surface area contributed by atoms with Crippen LogP contribution in [0.3, 0.4) is 0 Å². The molecule has 1 aliphatic carbocycles. The summed E-state index contributed by atoms with van der Waals surface area (Å²) in [7, 11) is 1.65. The van der Waals surface area contributed by atoms with Crippen LogP contribution in [0.25, 0.3) is 0 Å². The molecule has 1 fully saturated rings. The number of methoxy groups -OCH3 is 1. The van der Waals surface area contributed by atoms with Crippen molar-refractivity contribution in [2.75, 3.05) is 7.11 Å². The highest BCUT2D eigenvalue weighted by Gasteiger charge is 2.20. The normalized spacial score (nSPS) is 14.0. The number of hydrogen-bond acceptors (Lipinski definition) is 3. The van der Waals surface area contributed by atoms with E-state index in [9.17, 15) is 0 Å². The third kappa shape index (κ3) is 3.77. The molecule has 2 aromatic carbocycles. The second kappa shape index (κ2) is 6.50. The van der Waals surface area contributed by atoms with Crippen LogP contribution in [-0.4, -0.2) is 13.2 Å². The van der Waals surface area contributed by atoms with Gasteiger partial charge in [0, 0.05) is 18.2 Å². The maximum absolute atomic E-state index is 6.05. The van der Waals surface area contributed by atoms with Crippen LogP contribution in [-0.2, 0) is 6.54 Å². The van der Waals surface area contributed by atoms with Gasteiger partial charge in [0.05, 0.1) is 11.6 Å². The zero-order valence-electron chi connectivity index (χ0n) is 11.9. The molecule has 0 aromatic heterocycles. The first-order chi connectivity index (χ1) is 10.3. The Balaban J connectivity index is 1.77. The minimum Gasteiger partial charge on any atom is -0.497 e. The molecule has 2 aromatic rings. The maximum atomic E-state index is 6.05. The van der Waals surface area contributed by atoms with E-state index in [1.807, 2.05) is 36.4 Å². The van der Waals surface area contributed by atoms with Crippen molar-refractivity contribution in [3.8, 4) is 17.2 Å². The minimum absolute atomic E-state index is 0.686. The van der Waals surface area contributed by atoms with Crippen LogP contribution in [0.5, 0.6) is 17.2 Å². The van der Waals surface area contributed by atoms with Crippen LogP contribution in [0.2, 0.25) is 0 Å². The molecule has 0 unspecified atom stereocenters. The summed E-state index contributed by atoms with van der Waals surface area (Å²) < 4.78 is 12.1. The number of para-hydroxylation sites is 1. The molecular formula is C17H18BrNO2. The summed E-state index contributed by atoms with van der Waals surface area (Å²) in [5, 5.41) is 3.52. The van der Waals surface area contributed by atoms with Gasteiger partial charge in [0.25, 0.3) is 0 Å². The van der Waals surface area contributed by atoms with Crippen LogP contribution in [0, 0.1) is 0 Å². The summed E-state index contributed by atoms with van der Waals surface area (Å²) in [5.41, 5.74) is 1.17. The highest BCUT2D eigenvalue weighted by atomic mass is 79.9. The zero-order valence-corrected chi connectivity index (χ0v) is 13.5. The molecule has 0 bridgehead atoms. The standard InChI is InChI=1S/C17H18BrNO2/c1-20-14-8-9-17(15(18)10-14)21-16-5-3-2-4-12(16)11-19-13-6-7-13/h2-5,8-10,13,19H,6-7,11H2,1H3. The van der Waals surface area contributed by atoms with Crippen molar-refractivity contribution >= 4 is 15.9 Å². The van der Waals surface area contributed by atoms with Gasteiger partial charge in [0.2, 0.25) is 0 Å². The van der Waals surface area contributed by atoms with Gasteiger partial charge in [0.15, 0.2) is 0 Å². The molecule has 0 amide bonds. The minimum atomic E-state index is 0.686. The molecule has 21 heavy (non-hydrogen) atoms. The Kier molecular flexibility index (Phi) is 4.46. The highest BCUT2D eigenvalue weighted by Crippen LogP contribution is 2.34. The van der Waals surface area contributed by atoms with Crippen LogP contribution in [0.15, 0.2) is 46.9 Å². The summed E-state index contributed by atoms with van der Waals surface area (Å²) in [6.45, 7) is 0.842. The summed E-state index contributed by atoms with van der Waals surface area (Å²) in [5.74, 6) is 2.48. The number of ether oxygens (including phenoxy) is 2. The first-order valence-corrected chi connectivity index (χ1v) is 7.88. The summed E-state index contributed by atoms with van der Waals surface area (Å²) >= 11 is 3.52. The van der Waals surface area contributed by atoms with E-state index in [1.54, 1.807) is 7.11 Å². The van der Waals surface area contributed by atoms with Crippen LogP contribution < -0.4 is 14.8 Å². The molecular weight excluding hydrogens is 330 g/mol. The van der Waals surface area contributed by atoms with Crippen molar-refractivity contribution in [2.24, 2.45) is 0 Å². The van der Waals surface area contributed by atoms with Gasteiger partial charge in [0.1, 0.15) is 17.2 Å². The average Bonchev–Trinajstić information content (AvgIpc) is 3.32. The van der Waals surface area contributed by atoms with Gasteiger partial charge in [-0.3, -0.25) is 0 Å². The Morgan fingerprint density at radius 1 is 1.14 bits per heavy atom. The third-order valence-electron chi connectivity index (χ3n) is 3.49. The van der Waals surface area contributed by atoms with E-state index < -0.39 is 0 Å². The van der Waals surface area contributed by atoms with Gasteiger partial charge >= 0.3 is 0 Å². The molecule has 0 saturated heterocycles. The topological polar surface area (TPSA) is 30.5 Å². The van der Waals surface area contributed by atoms with Gasteiger partial charge in [-0.05, 0) is 53.0 Å². The summed E-state index contributed by atoms with van der Waals surface area (Å²) in [6, 6.07) is 14.5. The molecule has 1 saturated carbocycles. The lowest BCUT2D eigenvalue weighted by atomic mass is 10.2. The van der Waals surface area contributed by atoms with Crippen LogP contribution in [0.1, 0.15) is 18.4 Å². The Bertz CT molecular complexity index is 626. The molecule has 0 radical (unpaired) electrons. The Morgan fingerprint density at radius 2 is 1.95 bits per heavy atom. The van der Waals surface area contributed by atoms with Crippen molar-refractivity contribution < 1.29 is 9.47 Å². The molecule has 110 valence electrons. The maximum Gasteiger partial charge on any atom is 0.141 e. The fourth-order valence-electron chi connectivity index (χ4n) is 2.10. The molecule has 3 nitrogen and oxygen atoms in total. The number of rotatable bonds is 6. The van der Waals surface area contributed by atoms with Gasteiger partial charge < -0.3 is 14.8 Å². The van der Waals surface area contributed by atoms with E-state index in [2.05, 4.69) is 27.3 Å². The average molecular weight is 348 g/mol. The van der Waals surface area contributed by atoms with Gasteiger partial charge in [-0.1, -0.05) is 18.2 Å². The van der Waals surface area contributed by atoms with E-state index in [-0.39, 0.29) is 0 Å². The predicted molar refractivity (Wildman–Crippen MR) is 87.1 cm³/mol. The lowest BCUT2D eigenvalue weighted by Gasteiger charge is -2.13. The van der Waals surface area contributed by atoms with E-state index in [4.69, 9.17) is 9.47 Å². The van der Waals surface area contributed by atoms with Gasteiger partial charge in [-0.2, -0.15) is 0 Å². The second-order valence-electron chi connectivity index (χ2n) is 5.16. The molecule has 0 atom stereocenters. The van der Waals surface area contributed by atoms with E-state index >= 15 is 0 Å². The highest BCUT2D eigenvalue weighted by molar-refractivity contribution is 9.10. The third-order valence-corrected chi connectivity index (χ3v) is 4.11. The van der Waals surface area contributed by atoms with E-state index in [0.717, 1.165) is 28.3 Å². The molecule has 0 aliphatic heterocycles. The molecule has 1 N–H and O–H groups in total. The predicted octanol–water partition coefficient (Wildman–Crippen LogP) is 4.50. The number of nitrogens with one attached hydrogen (secondary N) is 1. The first kappa shape index (κ1) is 14.4. The van der Waals surface area contributed by atoms with Gasteiger partial charge in [-0.15, -0.1) is 0 Å². The monoisotopic (exact) mass is 347 g/mol. The van der Waals surface area contributed by atoms with Gasteiger partial charge in [-0.25, -0.2) is 0 Å². The van der Waals surface area contributed by atoms with Crippen molar-refractivity contribution in [1.29, 1.82) is 0 Å². The number of halogens is 1. The quantitative estimate of drug-likeness (QED) is 0.834. The lowest BCUT2D eigenvalue weighted by molar-refractivity contribution is 0.412. The van der Waals surface area contributed by atoms with Crippen molar-refractivity contribution in [1.82, 2.24) is 5.32 Å². The molecule has 4 heteroatoms. The smallest absolute Gasteiger partial charge is 0.141 e. The summed E-state index contributed by atoms with van der Waals surface area (Å²) in [6.07, 6.45) is 2.57. The van der Waals surface area contributed by atoms with E-state index in [1.165, 1.54) is 18.4 Å².